The SMILES string of the molecule is Cc1cnc(C(=O)Nc2ccc(F)c(C3(C)CCSC(N)=N3)c2)cn1. The van der Waals surface area contributed by atoms with E-state index in [4.69, 9.17) is 5.73 Å². The molecular formula is C17H18FN5OS. The lowest BCUT2D eigenvalue weighted by Crippen LogP contribution is -2.29. The molecule has 0 aliphatic carbocycles. The number of carbonyl (C=O) groups excluding carboxylic acids is 1. The molecule has 0 spiro atoms. The van der Waals surface area contributed by atoms with Crippen LogP contribution in [0.25, 0.3) is 0 Å². The van der Waals surface area contributed by atoms with Gasteiger partial charge in [0, 0.05) is 23.2 Å². The molecule has 6 nitrogen and oxygen atoms in total. The van der Waals surface area contributed by atoms with Crippen LogP contribution < -0.4 is 11.1 Å². The zero-order valence-corrected chi connectivity index (χ0v) is 14.7. The van der Waals surface area contributed by atoms with E-state index in [1.54, 1.807) is 13.0 Å². The van der Waals surface area contributed by atoms with Crippen LogP contribution in [0.15, 0.2) is 35.6 Å². The number of thioether (sulfide) groups is 1. The largest absolute Gasteiger partial charge is 0.379 e. The molecule has 0 radical (unpaired) electrons. The van der Waals surface area contributed by atoms with Gasteiger partial charge in [0.15, 0.2) is 5.17 Å². The smallest absolute Gasteiger partial charge is 0.275 e. The minimum Gasteiger partial charge on any atom is -0.379 e. The van der Waals surface area contributed by atoms with Crippen LogP contribution in [-0.4, -0.2) is 26.8 Å². The Bertz CT molecular complexity index is 839. The van der Waals surface area contributed by atoms with Gasteiger partial charge < -0.3 is 11.1 Å². The van der Waals surface area contributed by atoms with Gasteiger partial charge in [-0.1, -0.05) is 11.8 Å². The van der Waals surface area contributed by atoms with Gasteiger partial charge in [0.05, 0.1) is 17.4 Å². The van der Waals surface area contributed by atoms with Gasteiger partial charge in [0.25, 0.3) is 5.91 Å². The molecule has 0 fully saturated rings. The first-order chi connectivity index (χ1) is 11.9. The number of nitrogens with one attached hydrogen (secondary N) is 1. The van der Waals surface area contributed by atoms with Crippen molar-refractivity contribution >= 4 is 28.5 Å². The maximum Gasteiger partial charge on any atom is 0.275 e. The fraction of sp³-hybridized carbons (Fsp3) is 0.294. The van der Waals surface area contributed by atoms with Crippen molar-refractivity contribution in [3.63, 3.8) is 0 Å². The number of anilines is 1. The number of aliphatic imine (C=N–C) groups is 1. The predicted molar refractivity (Wildman–Crippen MR) is 97.2 cm³/mol. The third-order valence-electron chi connectivity index (χ3n) is 4.01. The van der Waals surface area contributed by atoms with E-state index in [9.17, 15) is 9.18 Å². The Hall–Kier alpha value is -2.48. The van der Waals surface area contributed by atoms with Gasteiger partial charge in [-0.15, -0.1) is 0 Å². The number of amides is 1. The van der Waals surface area contributed by atoms with Crippen molar-refractivity contribution in [1.29, 1.82) is 0 Å². The van der Waals surface area contributed by atoms with E-state index in [0.717, 1.165) is 11.4 Å². The summed E-state index contributed by atoms with van der Waals surface area (Å²) in [6.45, 7) is 3.63. The summed E-state index contributed by atoms with van der Waals surface area (Å²) in [5.74, 6) is -0.0163. The lowest BCUT2D eigenvalue weighted by molar-refractivity contribution is 0.102. The predicted octanol–water partition coefficient (Wildman–Crippen LogP) is 2.84. The van der Waals surface area contributed by atoms with Crippen LogP contribution in [0.5, 0.6) is 0 Å². The summed E-state index contributed by atoms with van der Waals surface area (Å²) in [7, 11) is 0. The Morgan fingerprint density at radius 3 is 2.84 bits per heavy atom. The number of hydrogen-bond donors (Lipinski definition) is 2. The van der Waals surface area contributed by atoms with Crippen LogP contribution >= 0.6 is 11.8 Å². The molecule has 0 bridgehead atoms. The number of benzene rings is 1. The molecule has 1 aliphatic rings. The number of amidine groups is 1. The molecule has 3 N–H and O–H groups in total. The van der Waals surface area contributed by atoms with Crippen LogP contribution in [0.1, 0.15) is 35.1 Å². The van der Waals surface area contributed by atoms with Gasteiger partial charge in [-0.25, -0.2) is 9.37 Å². The van der Waals surface area contributed by atoms with E-state index < -0.39 is 11.4 Å². The molecular weight excluding hydrogens is 341 g/mol. The number of hydrogen-bond acceptors (Lipinski definition) is 6. The summed E-state index contributed by atoms with van der Waals surface area (Å²) in [5.41, 5.74) is 6.85. The lowest BCUT2D eigenvalue weighted by atomic mass is 9.89. The molecule has 1 unspecified atom stereocenters. The monoisotopic (exact) mass is 359 g/mol. The third-order valence-corrected chi connectivity index (χ3v) is 4.81. The van der Waals surface area contributed by atoms with Gasteiger partial charge >= 0.3 is 0 Å². The standard InChI is InChI=1S/C17H18FN5OS/c1-10-8-21-14(9-20-10)15(24)22-11-3-4-13(18)12(7-11)17(2)5-6-25-16(19)23-17/h3-4,7-9H,5-6H2,1-2H3,(H2,19,23)(H,22,24). The van der Waals surface area contributed by atoms with Crippen molar-refractivity contribution in [3.8, 4) is 0 Å². The van der Waals surface area contributed by atoms with Crippen molar-refractivity contribution in [3.05, 3.63) is 53.4 Å². The summed E-state index contributed by atoms with van der Waals surface area (Å²) in [5, 5.41) is 3.16. The topological polar surface area (TPSA) is 93.3 Å². The summed E-state index contributed by atoms with van der Waals surface area (Å²) < 4.78 is 14.4. The fourth-order valence-electron chi connectivity index (χ4n) is 2.60. The maximum atomic E-state index is 14.4. The highest BCUT2D eigenvalue weighted by Gasteiger charge is 2.32. The average Bonchev–Trinajstić information content (AvgIpc) is 2.57. The number of nitrogens with zero attached hydrogens (tertiary/aromatic N) is 3. The molecule has 2 aromatic rings. The van der Waals surface area contributed by atoms with E-state index in [2.05, 4.69) is 20.3 Å². The first kappa shape index (κ1) is 17.3. The first-order valence-electron chi connectivity index (χ1n) is 7.75. The Kier molecular flexibility index (Phi) is 4.71. The highest BCUT2D eigenvalue weighted by molar-refractivity contribution is 8.13. The number of halogens is 1. The Labute approximate surface area is 149 Å². The van der Waals surface area contributed by atoms with Crippen molar-refractivity contribution in [2.24, 2.45) is 10.7 Å². The Balaban J connectivity index is 1.88. The number of aromatic nitrogens is 2. The van der Waals surface area contributed by atoms with Gasteiger partial charge in [-0.2, -0.15) is 0 Å². The van der Waals surface area contributed by atoms with E-state index in [1.165, 1.54) is 36.3 Å². The average molecular weight is 359 g/mol. The highest BCUT2D eigenvalue weighted by atomic mass is 32.2. The van der Waals surface area contributed by atoms with Gasteiger partial charge in [-0.05, 0) is 38.5 Å². The molecule has 2 heterocycles. The molecule has 0 saturated heterocycles. The van der Waals surface area contributed by atoms with Crippen LogP contribution in [-0.2, 0) is 5.54 Å². The van der Waals surface area contributed by atoms with Crippen LogP contribution in [0.2, 0.25) is 0 Å². The summed E-state index contributed by atoms with van der Waals surface area (Å²) >= 11 is 1.45. The summed E-state index contributed by atoms with van der Waals surface area (Å²) in [6.07, 6.45) is 3.58. The third kappa shape index (κ3) is 3.79. The molecule has 1 atom stereocenters. The quantitative estimate of drug-likeness (QED) is 0.879. The molecule has 8 heteroatoms. The van der Waals surface area contributed by atoms with E-state index in [0.29, 0.717) is 22.8 Å². The number of carbonyl (C=O) groups is 1. The second-order valence-electron chi connectivity index (χ2n) is 6.01. The molecule has 1 amide bonds. The molecule has 1 aromatic carbocycles. The summed E-state index contributed by atoms with van der Waals surface area (Å²) in [4.78, 5) is 24.8. The fourth-order valence-corrected chi connectivity index (χ4v) is 3.58. The number of rotatable bonds is 3. The van der Waals surface area contributed by atoms with Crippen LogP contribution in [0.3, 0.4) is 0 Å². The second kappa shape index (κ2) is 6.79. The van der Waals surface area contributed by atoms with E-state index in [1.807, 2.05) is 6.92 Å². The molecule has 0 saturated carbocycles. The van der Waals surface area contributed by atoms with Crippen LogP contribution in [0, 0.1) is 12.7 Å². The zero-order valence-electron chi connectivity index (χ0n) is 13.9. The molecule has 1 aliphatic heterocycles. The maximum absolute atomic E-state index is 14.4. The lowest BCUT2D eigenvalue weighted by Gasteiger charge is -2.30. The van der Waals surface area contributed by atoms with E-state index >= 15 is 0 Å². The molecule has 130 valence electrons. The Morgan fingerprint density at radius 2 is 2.16 bits per heavy atom. The van der Waals surface area contributed by atoms with E-state index in [-0.39, 0.29) is 11.5 Å². The Morgan fingerprint density at radius 1 is 1.36 bits per heavy atom. The number of aryl methyl sites for hydroxylation is 1. The molecule has 3 rings (SSSR count). The first-order valence-corrected chi connectivity index (χ1v) is 8.74. The van der Waals surface area contributed by atoms with Crippen molar-refractivity contribution in [1.82, 2.24) is 9.97 Å². The minimum absolute atomic E-state index is 0.194. The summed E-state index contributed by atoms with van der Waals surface area (Å²) in [6, 6.07) is 4.43. The van der Waals surface area contributed by atoms with Crippen molar-refractivity contribution in [2.45, 2.75) is 25.8 Å². The van der Waals surface area contributed by atoms with Gasteiger partial charge in [-0.3, -0.25) is 14.8 Å². The minimum atomic E-state index is -0.746. The zero-order chi connectivity index (χ0) is 18.0. The molecule has 1 aromatic heterocycles. The van der Waals surface area contributed by atoms with Gasteiger partial charge in [0.1, 0.15) is 11.5 Å². The number of nitrogens with two attached hydrogens (primary N) is 1. The van der Waals surface area contributed by atoms with Crippen molar-refractivity contribution in [2.75, 3.05) is 11.1 Å². The molecule has 25 heavy (non-hydrogen) atoms. The van der Waals surface area contributed by atoms with Gasteiger partial charge in [0.2, 0.25) is 0 Å². The van der Waals surface area contributed by atoms with Crippen LogP contribution in [0.4, 0.5) is 10.1 Å². The van der Waals surface area contributed by atoms with Crippen molar-refractivity contribution < 1.29 is 9.18 Å². The normalized spacial score (nSPS) is 20.0. The second-order valence-corrected chi connectivity index (χ2v) is 7.13. The highest BCUT2D eigenvalue weighted by Crippen LogP contribution is 2.37.